The van der Waals surface area contributed by atoms with Crippen LogP contribution in [0.5, 0.6) is 0 Å². The molecule has 1 N–H and O–H groups in total. The highest BCUT2D eigenvalue weighted by molar-refractivity contribution is 7.17. The molecule has 0 saturated carbocycles. The van der Waals surface area contributed by atoms with E-state index in [-0.39, 0.29) is 27.1 Å². The molecule has 0 atom stereocenters. The average Bonchev–Trinajstić information content (AvgIpc) is 3.33. The zero-order chi connectivity index (χ0) is 23.2. The molecule has 1 aromatic carbocycles. The molecule has 13 heteroatoms. The van der Waals surface area contributed by atoms with E-state index >= 15 is 0 Å². The molecule has 3 aromatic heterocycles. The summed E-state index contributed by atoms with van der Waals surface area (Å²) in [4.78, 5) is 31.7. The van der Waals surface area contributed by atoms with Gasteiger partial charge in [-0.3, -0.25) is 19.6 Å². The Bertz CT molecular complexity index is 1380. The SMILES string of the molecule is Cc1nn(C)c2c(NC(=O)c3ccc([N+](=O)[O-])s3)nc(-c3cccc(C(F)(F)F)c3)nc12. The molecule has 1 amide bonds. The van der Waals surface area contributed by atoms with Gasteiger partial charge in [-0.2, -0.15) is 18.3 Å². The van der Waals surface area contributed by atoms with Crippen LogP contribution in [0.1, 0.15) is 20.9 Å². The lowest BCUT2D eigenvalue weighted by molar-refractivity contribution is -0.380. The minimum absolute atomic E-state index is 0.0200. The number of amides is 1. The number of aryl methyl sites for hydroxylation is 2. The van der Waals surface area contributed by atoms with Crippen molar-refractivity contribution in [2.24, 2.45) is 7.05 Å². The highest BCUT2D eigenvalue weighted by Crippen LogP contribution is 2.33. The molecular weight excluding hydrogens is 449 g/mol. The molecule has 0 unspecified atom stereocenters. The topological polar surface area (TPSA) is 116 Å². The lowest BCUT2D eigenvalue weighted by atomic mass is 10.1. The first kappa shape index (κ1) is 21.4. The Kier molecular flexibility index (Phi) is 5.12. The van der Waals surface area contributed by atoms with Gasteiger partial charge >= 0.3 is 11.2 Å². The number of alkyl halides is 3. The van der Waals surface area contributed by atoms with Gasteiger partial charge in [0.2, 0.25) is 0 Å². The van der Waals surface area contributed by atoms with E-state index in [2.05, 4.69) is 20.4 Å². The predicted octanol–water partition coefficient (Wildman–Crippen LogP) is 4.58. The van der Waals surface area contributed by atoms with Crippen molar-refractivity contribution in [3.05, 3.63) is 62.6 Å². The first-order valence-electron chi connectivity index (χ1n) is 8.99. The fraction of sp³-hybridized carbons (Fsp3) is 0.158. The van der Waals surface area contributed by atoms with Gasteiger partial charge in [-0.05, 0) is 25.1 Å². The van der Waals surface area contributed by atoms with Crippen LogP contribution in [0.4, 0.5) is 24.0 Å². The molecule has 4 rings (SSSR count). The molecule has 164 valence electrons. The summed E-state index contributed by atoms with van der Waals surface area (Å²) in [6.45, 7) is 1.67. The van der Waals surface area contributed by atoms with E-state index in [1.54, 1.807) is 14.0 Å². The zero-order valence-corrected chi connectivity index (χ0v) is 17.3. The Labute approximate surface area is 181 Å². The number of carbonyl (C=O) groups excluding carboxylic acids is 1. The second-order valence-electron chi connectivity index (χ2n) is 6.73. The molecule has 3 heterocycles. The van der Waals surface area contributed by atoms with Crippen molar-refractivity contribution < 1.29 is 22.9 Å². The highest BCUT2D eigenvalue weighted by Gasteiger charge is 2.31. The molecule has 0 aliphatic heterocycles. The summed E-state index contributed by atoms with van der Waals surface area (Å²) in [5.74, 6) is -0.671. The number of nitro groups is 1. The fourth-order valence-electron chi connectivity index (χ4n) is 3.10. The van der Waals surface area contributed by atoms with Gasteiger partial charge in [0.05, 0.1) is 21.1 Å². The maximum absolute atomic E-state index is 13.1. The standard InChI is InChI=1S/C19H13F3N6O3S/c1-9-14-15(27(2)26-9)17(25-18(29)12-6-7-13(32-12)28(30)31)24-16(23-14)10-4-3-5-11(8-10)19(20,21)22/h3-8H,1-2H3,(H,23,24,25,29). The van der Waals surface area contributed by atoms with Crippen LogP contribution < -0.4 is 5.32 Å². The first-order chi connectivity index (χ1) is 15.0. The van der Waals surface area contributed by atoms with Gasteiger partial charge in [-0.15, -0.1) is 0 Å². The van der Waals surface area contributed by atoms with Crippen molar-refractivity contribution in [1.29, 1.82) is 0 Å². The van der Waals surface area contributed by atoms with Crippen molar-refractivity contribution in [3.63, 3.8) is 0 Å². The third-order valence-corrected chi connectivity index (χ3v) is 5.56. The van der Waals surface area contributed by atoms with Crippen LogP contribution in [0.15, 0.2) is 36.4 Å². The van der Waals surface area contributed by atoms with E-state index in [9.17, 15) is 28.1 Å². The predicted molar refractivity (Wildman–Crippen MR) is 110 cm³/mol. The summed E-state index contributed by atoms with van der Waals surface area (Å²) in [6.07, 6.45) is -4.55. The number of hydrogen-bond acceptors (Lipinski definition) is 7. The van der Waals surface area contributed by atoms with Crippen LogP contribution in [-0.4, -0.2) is 30.6 Å². The van der Waals surface area contributed by atoms with Crippen LogP contribution in [0.2, 0.25) is 0 Å². The number of benzene rings is 1. The minimum Gasteiger partial charge on any atom is -0.304 e. The Morgan fingerprint density at radius 1 is 1.22 bits per heavy atom. The van der Waals surface area contributed by atoms with E-state index < -0.39 is 22.6 Å². The van der Waals surface area contributed by atoms with Crippen LogP contribution in [-0.2, 0) is 13.2 Å². The molecule has 0 aliphatic carbocycles. The van der Waals surface area contributed by atoms with Crippen molar-refractivity contribution in [3.8, 4) is 11.4 Å². The molecule has 0 saturated heterocycles. The maximum atomic E-state index is 13.1. The largest absolute Gasteiger partial charge is 0.416 e. The van der Waals surface area contributed by atoms with Crippen molar-refractivity contribution in [1.82, 2.24) is 19.7 Å². The lowest BCUT2D eigenvalue weighted by Gasteiger charge is -2.10. The smallest absolute Gasteiger partial charge is 0.304 e. The molecule has 9 nitrogen and oxygen atoms in total. The first-order valence-corrected chi connectivity index (χ1v) is 9.81. The molecule has 0 aliphatic rings. The number of halogens is 3. The summed E-state index contributed by atoms with van der Waals surface area (Å²) in [5.41, 5.74) is 0.436. The highest BCUT2D eigenvalue weighted by atomic mass is 32.1. The molecule has 4 aromatic rings. The number of nitrogens with zero attached hydrogens (tertiary/aromatic N) is 5. The van der Waals surface area contributed by atoms with Crippen LogP contribution in [0, 0.1) is 17.0 Å². The number of rotatable bonds is 4. The van der Waals surface area contributed by atoms with E-state index in [0.29, 0.717) is 28.1 Å². The Hall–Kier alpha value is -3.87. The zero-order valence-electron chi connectivity index (χ0n) is 16.5. The number of aromatic nitrogens is 4. The van der Waals surface area contributed by atoms with Crippen LogP contribution in [0.3, 0.4) is 0 Å². The number of carbonyl (C=O) groups is 1. The Morgan fingerprint density at radius 2 is 1.97 bits per heavy atom. The quantitative estimate of drug-likeness (QED) is 0.351. The van der Waals surface area contributed by atoms with E-state index in [4.69, 9.17) is 0 Å². The van der Waals surface area contributed by atoms with Crippen LogP contribution >= 0.6 is 11.3 Å². The minimum atomic E-state index is -4.55. The molecule has 0 spiro atoms. The van der Waals surface area contributed by atoms with Crippen LogP contribution in [0.25, 0.3) is 22.4 Å². The molecule has 32 heavy (non-hydrogen) atoms. The summed E-state index contributed by atoms with van der Waals surface area (Å²) in [5, 5.41) is 17.5. The molecular formula is C19H13F3N6O3S. The summed E-state index contributed by atoms with van der Waals surface area (Å²) in [7, 11) is 1.61. The summed E-state index contributed by atoms with van der Waals surface area (Å²) < 4.78 is 40.9. The fourth-order valence-corrected chi connectivity index (χ4v) is 3.82. The number of fused-ring (bicyclic) bond motifs is 1. The van der Waals surface area contributed by atoms with E-state index in [1.165, 1.54) is 28.9 Å². The Balaban J connectivity index is 1.81. The van der Waals surface area contributed by atoms with Crippen molar-refractivity contribution in [2.75, 3.05) is 5.32 Å². The second kappa shape index (κ2) is 7.67. The van der Waals surface area contributed by atoms with Gasteiger partial charge in [0.15, 0.2) is 11.6 Å². The number of nitrogens with one attached hydrogen (secondary N) is 1. The monoisotopic (exact) mass is 462 g/mol. The van der Waals surface area contributed by atoms with Gasteiger partial charge in [-0.25, -0.2) is 9.97 Å². The third kappa shape index (κ3) is 3.89. The van der Waals surface area contributed by atoms with E-state index in [0.717, 1.165) is 12.1 Å². The van der Waals surface area contributed by atoms with Crippen molar-refractivity contribution in [2.45, 2.75) is 13.1 Å². The van der Waals surface area contributed by atoms with Gasteiger partial charge in [-0.1, -0.05) is 23.5 Å². The number of hydrogen-bond donors (Lipinski definition) is 1. The second-order valence-corrected chi connectivity index (χ2v) is 7.79. The number of thiophene rings is 1. The van der Waals surface area contributed by atoms with Crippen molar-refractivity contribution >= 4 is 39.1 Å². The lowest BCUT2D eigenvalue weighted by Crippen LogP contribution is -2.13. The maximum Gasteiger partial charge on any atom is 0.416 e. The molecule has 0 fully saturated rings. The van der Waals surface area contributed by atoms with Gasteiger partial charge in [0.25, 0.3) is 5.91 Å². The third-order valence-electron chi connectivity index (χ3n) is 4.53. The average molecular weight is 462 g/mol. The normalized spacial score (nSPS) is 11.7. The van der Waals surface area contributed by atoms with E-state index in [1.807, 2.05) is 0 Å². The Morgan fingerprint density at radius 3 is 2.62 bits per heavy atom. The van der Waals surface area contributed by atoms with Gasteiger partial charge < -0.3 is 5.32 Å². The number of anilines is 1. The van der Waals surface area contributed by atoms with Gasteiger partial charge in [0, 0.05) is 18.7 Å². The summed E-state index contributed by atoms with van der Waals surface area (Å²) in [6, 6.07) is 7.03. The molecule has 0 radical (unpaired) electrons. The van der Waals surface area contributed by atoms with Gasteiger partial charge in [0.1, 0.15) is 11.0 Å². The molecule has 0 bridgehead atoms. The summed E-state index contributed by atoms with van der Waals surface area (Å²) >= 11 is 0.686.